The van der Waals surface area contributed by atoms with Gasteiger partial charge in [-0.25, -0.2) is 0 Å². The number of aromatic nitrogens is 2. The summed E-state index contributed by atoms with van der Waals surface area (Å²) < 4.78 is 7.59. The van der Waals surface area contributed by atoms with E-state index in [0.29, 0.717) is 0 Å². The second-order valence-electron chi connectivity index (χ2n) is 11.7. The molecule has 0 saturated carbocycles. The van der Waals surface area contributed by atoms with E-state index < -0.39 is 0 Å². The van der Waals surface area contributed by atoms with Gasteiger partial charge in [0.05, 0.1) is 22.1 Å². The number of hydrogen-bond donors (Lipinski definition) is 0. The van der Waals surface area contributed by atoms with Crippen LogP contribution in [0.15, 0.2) is 158 Å². The van der Waals surface area contributed by atoms with Gasteiger partial charge in [-0.3, -0.25) is 0 Å². The maximum atomic E-state index is 2.47. The summed E-state index contributed by atoms with van der Waals surface area (Å²) in [6.07, 6.45) is 0. The molecule has 45 heavy (non-hydrogen) atoms. The first-order valence-electron chi connectivity index (χ1n) is 15.4. The van der Waals surface area contributed by atoms with E-state index in [1.165, 1.54) is 80.6 Å². The highest BCUT2D eigenvalue weighted by molar-refractivity contribution is 7.26. The molecule has 0 aliphatic carbocycles. The van der Waals surface area contributed by atoms with Gasteiger partial charge in [-0.05, 0) is 53.6 Å². The number of rotatable bonds is 3. The first kappa shape index (κ1) is 24.8. The number of hydrogen-bond acceptors (Lipinski definition) is 1. The predicted molar refractivity (Wildman–Crippen MR) is 193 cm³/mol. The molecule has 3 aromatic heterocycles. The molecule has 2 nitrogen and oxygen atoms in total. The van der Waals surface area contributed by atoms with Crippen LogP contribution in [0.25, 0.3) is 86.3 Å². The number of benzene rings is 7. The molecule has 0 bridgehead atoms. The highest BCUT2D eigenvalue weighted by Gasteiger charge is 2.21. The lowest BCUT2D eigenvalue weighted by molar-refractivity contribution is 1.15. The van der Waals surface area contributed by atoms with Crippen molar-refractivity contribution in [3.63, 3.8) is 0 Å². The van der Waals surface area contributed by atoms with Gasteiger partial charge < -0.3 is 9.13 Å². The SMILES string of the molecule is c1ccc(-n2c3ccccc3c3ccc4c5ccccc5n(-c5ccc(-c6cccc7c6sc6ccccc67)cc5)c4c32)cc1. The molecule has 3 heterocycles. The Balaban J connectivity index is 1.27. The Bertz CT molecular complexity index is 2740. The molecule has 0 unspecified atom stereocenters. The van der Waals surface area contributed by atoms with Crippen LogP contribution in [0.2, 0.25) is 0 Å². The minimum atomic E-state index is 1.16. The van der Waals surface area contributed by atoms with Crippen molar-refractivity contribution in [3.05, 3.63) is 158 Å². The van der Waals surface area contributed by atoms with E-state index in [0.717, 1.165) is 5.69 Å². The second kappa shape index (κ2) is 9.43. The van der Waals surface area contributed by atoms with Crippen LogP contribution in [0.5, 0.6) is 0 Å². The average molecular weight is 591 g/mol. The summed E-state index contributed by atoms with van der Waals surface area (Å²) in [5.74, 6) is 0. The highest BCUT2D eigenvalue weighted by Crippen LogP contribution is 2.43. The molecular formula is C42H26N2S. The van der Waals surface area contributed by atoms with Gasteiger partial charge in [0.1, 0.15) is 0 Å². The molecule has 0 amide bonds. The summed E-state index contributed by atoms with van der Waals surface area (Å²) in [6, 6.07) is 57.6. The molecular weight excluding hydrogens is 565 g/mol. The minimum Gasteiger partial charge on any atom is -0.307 e. The normalized spacial score (nSPS) is 12.0. The van der Waals surface area contributed by atoms with Crippen LogP contribution in [-0.4, -0.2) is 9.13 Å². The predicted octanol–water partition coefficient (Wildman–Crippen LogP) is 11.9. The quantitative estimate of drug-likeness (QED) is 0.194. The van der Waals surface area contributed by atoms with Crippen LogP contribution in [0, 0.1) is 0 Å². The molecule has 0 radical (unpaired) electrons. The molecule has 10 aromatic rings. The van der Waals surface area contributed by atoms with Crippen molar-refractivity contribution >= 4 is 75.1 Å². The smallest absolute Gasteiger partial charge is 0.0788 e. The van der Waals surface area contributed by atoms with E-state index >= 15 is 0 Å². The van der Waals surface area contributed by atoms with Gasteiger partial charge in [-0.15, -0.1) is 11.3 Å². The van der Waals surface area contributed by atoms with Crippen molar-refractivity contribution in [3.8, 4) is 22.5 Å². The van der Waals surface area contributed by atoms with E-state index in [1.807, 2.05) is 11.3 Å². The van der Waals surface area contributed by atoms with Crippen molar-refractivity contribution in [2.45, 2.75) is 0 Å². The van der Waals surface area contributed by atoms with Gasteiger partial charge >= 0.3 is 0 Å². The fourth-order valence-corrected chi connectivity index (χ4v) is 8.62. The lowest BCUT2D eigenvalue weighted by Crippen LogP contribution is -1.98. The molecule has 0 aliphatic rings. The topological polar surface area (TPSA) is 9.86 Å². The maximum Gasteiger partial charge on any atom is 0.0788 e. The first-order valence-corrected chi connectivity index (χ1v) is 16.2. The Kier molecular flexibility index (Phi) is 5.19. The van der Waals surface area contributed by atoms with Crippen LogP contribution >= 0.6 is 11.3 Å². The van der Waals surface area contributed by atoms with Gasteiger partial charge in [0.2, 0.25) is 0 Å². The number of fused-ring (bicyclic) bond motifs is 10. The lowest BCUT2D eigenvalue weighted by Gasteiger charge is -2.13. The molecule has 0 fully saturated rings. The molecule has 210 valence electrons. The lowest BCUT2D eigenvalue weighted by atomic mass is 10.0. The number of nitrogens with zero attached hydrogens (tertiary/aromatic N) is 2. The van der Waals surface area contributed by atoms with Crippen molar-refractivity contribution < 1.29 is 0 Å². The van der Waals surface area contributed by atoms with Crippen molar-refractivity contribution in [2.24, 2.45) is 0 Å². The molecule has 7 aromatic carbocycles. The van der Waals surface area contributed by atoms with Crippen molar-refractivity contribution in [1.29, 1.82) is 0 Å². The van der Waals surface area contributed by atoms with Crippen LogP contribution in [0.1, 0.15) is 0 Å². The Labute approximate surface area is 263 Å². The van der Waals surface area contributed by atoms with Gasteiger partial charge in [0.25, 0.3) is 0 Å². The Morgan fingerprint density at radius 1 is 0.356 bits per heavy atom. The molecule has 0 aliphatic heterocycles. The molecule has 0 spiro atoms. The summed E-state index contributed by atoms with van der Waals surface area (Å²) in [5.41, 5.74) is 9.74. The third kappa shape index (κ3) is 3.50. The van der Waals surface area contributed by atoms with Crippen LogP contribution in [-0.2, 0) is 0 Å². The maximum absolute atomic E-state index is 2.47. The van der Waals surface area contributed by atoms with E-state index in [9.17, 15) is 0 Å². The standard InChI is InChI=1S/C42H26N2S/c1-2-11-28(12-3-1)43-37-18-7-4-13-31(37)34-25-26-35-32-14-5-8-19-38(32)44(41(35)40(34)43)29-23-21-27(22-24-29)30-16-10-17-36-33-15-6-9-20-39(33)45-42(30)36/h1-26H. The van der Waals surface area contributed by atoms with Gasteiger partial charge in [0, 0.05) is 53.1 Å². The fraction of sp³-hybridized carbons (Fsp3) is 0. The van der Waals surface area contributed by atoms with E-state index in [4.69, 9.17) is 0 Å². The minimum absolute atomic E-state index is 1.16. The van der Waals surface area contributed by atoms with Crippen LogP contribution < -0.4 is 0 Å². The highest BCUT2D eigenvalue weighted by atomic mass is 32.1. The summed E-state index contributed by atoms with van der Waals surface area (Å²) in [6.45, 7) is 0. The zero-order chi connectivity index (χ0) is 29.5. The first-order chi connectivity index (χ1) is 22.3. The van der Waals surface area contributed by atoms with Crippen LogP contribution in [0.4, 0.5) is 0 Å². The second-order valence-corrected chi connectivity index (χ2v) is 12.8. The van der Waals surface area contributed by atoms with Gasteiger partial charge in [-0.2, -0.15) is 0 Å². The van der Waals surface area contributed by atoms with E-state index in [1.54, 1.807) is 0 Å². The molecule has 3 heteroatoms. The summed E-state index contributed by atoms with van der Waals surface area (Å²) >= 11 is 1.88. The molecule has 0 N–H and O–H groups in total. The van der Waals surface area contributed by atoms with E-state index in [2.05, 4.69) is 167 Å². The fourth-order valence-electron chi connectivity index (χ4n) is 7.38. The average Bonchev–Trinajstić information content (AvgIpc) is 3.77. The Morgan fingerprint density at radius 2 is 0.889 bits per heavy atom. The third-order valence-electron chi connectivity index (χ3n) is 9.32. The van der Waals surface area contributed by atoms with E-state index in [-0.39, 0.29) is 0 Å². The molecule has 0 saturated heterocycles. The third-order valence-corrected chi connectivity index (χ3v) is 10.5. The van der Waals surface area contributed by atoms with Crippen molar-refractivity contribution in [2.75, 3.05) is 0 Å². The van der Waals surface area contributed by atoms with Crippen LogP contribution in [0.3, 0.4) is 0 Å². The van der Waals surface area contributed by atoms with Gasteiger partial charge in [-0.1, -0.05) is 115 Å². The molecule has 0 atom stereocenters. The van der Waals surface area contributed by atoms with Crippen molar-refractivity contribution in [1.82, 2.24) is 9.13 Å². The monoisotopic (exact) mass is 590 g/mol. The number of thiophene rings is 1. The summed E-state index contributed by atoms with van der Waals surface area (Å²) in [4.78, 5) is 0. The Hall–Kier alpha value is -5.64. The van der Waals surface area contributed by atoms with Gasteiger partial charge in [0.15, 0.2) is 0 Å². The molecule has 10 rings (SSSR count). The largest absolute Gasteiger partial charge is 0.307 e. The summed E-state index contributed by atoms with van der Waals surface area (Å²) in [5, 5.41) is 7.71. The number of para-hydroxylation sites is 3. The zero-order valence-corrected chi connectivity index (χ0v) is 25.1. The Morgan fingerprint density at radius 3 is 1.56 bits per heavy atom. The zero-order valence-electron chi connectivity index (χ0n) is 24.3. The summed E-state index contributed by atoms with van der Waals surface area (Å²) in [7, 11) is 0.